The van der Waals surface area contributed by atoms with Crippen LogP contribution in [-0.2, 0) is 71.7 Å². The van der Waals surface area contributed by atoms with Crippen LogP contribution in [0.1, 0.15) is 224 Å². The molecule has 3 N–H and O–H groups in total. The monoisotopic (exact) mass is 1470 g/mol. The standard InChI is InChI=1S/C16H20O3.C16H18O3.C16H18O2.C15H14O3.C15H24O2Si.C7H9BrO.CH4/c2*1-3-13-10-15(11(2)19-13)16(18)14-7-5-4-6-12(14)8-9-17;1-3-13-10-15(11(2)18-13)16-14-7-5-4-6-12(14)8-9-17-16;1-10-14(8-12(9-16)18-10)15-13-5-3-2-4-11(13)6-7-17-15;1-15(2,3)18(4,5)17-11-10-13-8-6-7-9-14(13)12-16;1-3-6-4-7(8)5(2)9-6;/h4-7,10,16-18H,3,8-9H2,1-2H3;4-7,10,17H,3,8-9H2,1-2H3;4-7,10,16H,3,8-9H2,1-2H3;2-5,8-9,15H,6-7H2,1H3;6-9,12H,10-11H2,1-5H3;4H,3H2,1-2H3;1H4. The summed E-state index contributed by atoms with van der Waals surface area (Å²) in [5, 5.41) is 28.9. The van der Waals surface area contributed by atoms with E-state index in [2.05, 4.69) is 106 Å². The molecule has 16 heteroatoms. The van der Waals surface area contributed by atoms with Gasteiger partial charge in [0.25, 0.3) is 0 Å². The first-order chi connectivity index (χ1) is 48.4. The van der Waals surface area contributed by atoms with E-state index in [0.717, 1.165) is 154 Å². The zero-order chi connectivity index (χ0) is 73.4. The number of fused-ring (bicyclic) bond motifs is 2. The second-order valence-electron chi connectivity index (χ2n) is 26.5. The Morgan fingerprint density at radius 2 is 1.00 bits per heavy atom. The highest BCUT2D eigenvalue weighted by Gasteiger charge is 2.37. The summed E-state index contributed by atoms with van der Waals surface area (Å²) in [6.07, 6.45) is 8.12. The van der Waals surface area contributed by atoms with Gasteiger partial charge in [0, 0.05) is 73.3 Å². The van der Waals surface area contributed by atoms with Crippen molar-refractivity contribution in [1.82, 2.24) is 0 Å². The maximum atomic E-state index is 12.6. The van der Waals surface area contributed by atoms with E-state index >= 15 is 0 Å². The molecule has 2 aliphatic rings. The van der Waals surface area contributed by atoms with Crippen molar-refractivity contribution in [2.24, 2.45) is 0 Å². The predicted molar refractivity (Wildman–Crippen MR) is 411 cm³/mol. The molecule has 0 spiro atoms. The molecule has 102 heavy (non-hydrogen) atoms. The number of carbonyl (C=O) groups is 3. The number of furan rings is 5. The van der Waals surface area contributed by atoms with Gasteiger partial charge in [-0.15, -0.1) is 0 Å². The van der Waals surface area contributed by atoms with Crippen LogP contribution in [0.2, 0.25) is 18.1 Å². The van der Waals surface area contributed by atoms with Crippen molar-refractivity contribution in [2.75, 3.05) is 33.0 Å². The van der Waals surface area contributed by atoms with E-state index in [-0.39, 0.29) is 43.7 Å². The van der Waals surface area contributed by atoms with Crippen molar-refractivity contribution in [3.8, 4) is 0 Å². The van der Waals surface area contributed by atoms with Crippen molar-refractivity contribution >= 4 is 42.6 Å². The molecule has 5 aromatic carbocycles. The molecule has 0 radical (unpaired) electrons. The molecule has 7 heterocycles. The van der Waals surface area contributed by atoms with Crippen LogP contribution in [0.15, 0.2) is 178 Å². The lowest BCUT2D eigenvalue weighted by Gasteiger charge is -2.36. The summed E-state index contributed by atoms with van der Waals surface area (Å²) in [6.45, 7) is 31.2. The van der Waals surface area contributed by atoms with Crippen LogP contribution in [-0.4, -0.2) is 75.0 Å². The number of aryl methyl sites for hydroxylation is 9. The Labute approximate surface area is 614 Å². The summed E-state index contributed by atoms with van der Waals surface area (Å²) in [5.74, 6) is 8.20. The number of aldehydes is 2. The summed E-state index contributed by atoms with van der Waals surface area (Å²) in [6, 6.07) is 49.2. The number of benzene rings is 5. The number of hydrogen-bond donors (Lipinski definition) is 3. The third kappa shape index (κ3) is 22.2. The SMILES string of the molecule is C.CC(C)(C)[Si](C)(C)OCCc1ccccc1C=O.CCc1cc(Br)c(C)o1.CCc1cc(C(=O)c2ccccc2CCO)c(C)o1.CCc1cc(C(O)c2ccccc2CCO)c(C)o1.CCc1cc(C2OCCc3ccccc32)c(C)o1.Cc1oc(C=O)cc1C1OCCc2ccccc21. The molecule has 0 amide bonds. The van der Waals surface area contributed by atoms with Gasteiger partial charge in [-0.1, -0.05) is 177 Å². The molecular formula is C86H107BrO14Si. The van der Waals surface area contributed by atoms with Crippen LogP contribution >= 0.6 is 15.9 Å². The molecule has 0 fully saturated rings. The smallest absolute Gasteiger partial charge is 0.196 e. The maximum Gasteiger partial charge on any atom is 0.196 e. The fourth-order valence-corrected chi connectivity index (χ4v) is 13.2. The lowest BCUT2D eigenvalue weighted by molar-refractivity contribution is 0.0688. The number of carbonyl (C=O) groups excluding carboxylic acids is 3. The maximum absolute atomic E-state index is 12.6. The zero-order valence-electron chi connectivity index (χ0n) is 61.4. The number of ketones is 1. The highest BCUT2D eigenvalue weighted by atomic mass is 79.9. The fourth-order valence-electron chi connectivity index (χ4n) is 11.8. The second-order valence-corrected chi connectivity index (χ2v) is 32.2. The molecule has 0 bridgehead atoms. The molecule has 0 saturated heterocycles. The number of rotatable bonds is 20. The highest BCUT2D eigenvalue weighted by Crippen LogP contribution is 2.39. The second kappa shape index (κ2) is 40.1. The van der Waals surface area contributed by atoms with Gasteiger partial charge >= 0.3 is 0 Å². The van der Waals surface area contributed by atoms with E-state index in [9.17, 15) is 19.5 Å². The summed E-state index contributed by atoms with van der Waals surface area (Å²) in [4.78, 5) is 34.2. The number of ether oxygens (including phenoxy) is 2. The molecule has 5 aromatic heterocycles. The Bertz CT molecular complexity index is 4220. The van der Waals surface area contributed by atoms with Gasteiger partial charge in [0.1, 0.15) is 76.4 Å². The highest BCUT2D eigenvalue weighted by molar-refractivity contribution is 9.10. The normalized spacial score (nSPS) is 14.0. The first kappa shape index (κ1) is 82.9. The Morgan fingerprint density at radius 3 is 1.51 bits per heavy atom. The minimum absolute atomic E-state index is 0. The zero-order valence-corrected chi connectivity index (χ0v) is 64.0. The van der Waals surface area contributed by atoms with Gasteiger partial charge in [-0.3, -0.25) is 14.4 Å². The van der Waals surface area contributed by atoms with E-state index in [1.54, 1.807) is 19.1 Å². The van der Waals surface area contributed by atoms with Crippen LogP contribution in [0.25, 0.3) is 0 Å². The number of aliphatic hydroxyl groups excluding tert-OH is 3. The average Bonchev–Trinajstić information content (AvgIpc) is 1.55. The number of aliphatic hydroxyl groups is 3. The molecule has 10 aromatic rings. The van der Waals surface area contributed by atoms with E-state index in [4.69, 9.17) is 46.2 Å². The summed E-state index contributed by atoms with van der Waals surface area (Å²) in [7, 11) is -1.67. The topological polar surface area (TPSA) is 205 Å². The van der Waals surface area contributed by atoms with Gasteiger partial charge in [0.05, 0.1) is 23.2 Å². The first-order valence-electron chi connectivity index (χ1n) is 35.2. The molecule has 3 atom stereocenters. The lowest BCUT2D eigenvalue weighted by atomic mass is 9.93. The van der Waals surface area contributed by atoms with Crippen molar-refractivity contribution in [1.29, 1.82) is 0 Å². The third-order valence-corrected chi connectivity index (χ3v) is 24.0. The Hall–Kier alpha value is -8.03. The number of hydrogen-bond acceptors (Lipinski definition) is 14. The summed E-state index contributed by atoms with van der Waals surface area (Å²) in [5.41, 5.74) is 13.9. The summed E-state index contributed by atoms with van der Waals surface area (Å²) >= 11 is 3.36. The van der Waals surface area contributed by atoms with E-state index in [1.165, 1.54) is 27.8 Å². The minimum atomic E-state index is -1.67. The lowest BCUT2D eigenvalue weighted by Crippen LogP contribution is -2.41. The number of halogens is 1. The van der Waals surface area contributed by atoms with Gasteiger partial charge in [0.2, 0.25) is 0 Å². The Kier molecular flexibility index (Phi) is 32.6. The van der Waals surface area contributed by atoms with Crippen molar-refractivity contribution in [2.45, 2.75) is 185 Å². The van der Waals surface area contributed by atoms with Crippen molar-refractivity contribution in [3.63, 3.8) is 0 Å². The molecule has 2 aliphatic heterocycles. The van der Waals surface area contributed by atoms with Crippen LogP contribution in [0.3, 0.4) is 0 Å². The van der Waals surface area contributed by atoms with Gasteiger partial charge in [-0.05, 0) is 176 Å². The Balaban J connectivity index is 0.000000194. The molecule has 0 saturated carbocycles. The minimum Gasteiger partial charge on any atom is -0.466 e. The van der Waals surface area contributed by atoms with Crippen LogP contribution in [0.5, 0.6) is 0 Å². The van der Waals surface area contributed by atoms with Gasteiger partial charge < -0.3 is 51.3 Å². The van der Waals surface area contributed by atoms with Crippen LogP contribution in [0.4, 0.5) is 0 Å². The van der Waals surface area contributed by atoms with Crippen molar-refractivity contribution < 1.29 is 65.7 Å². The first-order valence-corrected chi connectivity index (χ1v) is 38.9. The quantitative estimate of drug-likeness (QED) is 0.0369. The third-order valence-electron chi connectivity index (χ3n) is 18.7. The van der Waals surface area contributed by atoms with E-state index in [1.807, 2.05) is 139 Å². The summed E-state index contributed by atoms with van der Waals surface area (Å²) < 4.78 is 46.6. The molecule has 14 nitrogen and oxygen atoms in total. The predicted octanol–water partition coefficient (Wildman–Crippen LogP) is 20.2. The van der Waals surface area contributed by atoms with Gasteiger partial charge in [-0.2, -0.15) is 0 Å². The molecule has 3 unspecified atom stereocenters. The largest absolute Gasteiger partial charge is 0.466 e. The van der Waals surface area contributed by atoms with E-state index in [0.29, 0.717) is 48.7 Å². The molecule has 12 rings (SSSR count). The van der Waals surface area contributed by atoms with Crippen molar-refractivity contribution in [3.05, 3.63) is 292 Å². The van der Waals surface area contributed by atoms with Gasteiger partial charge in [-0.25, -0.2) is 0 Å². The van der Waals surface area contributed by atoms with Crippen LogP contribution in [0, 0.1) is 34.6 Å². The van der Waals surface area contributed by atoms with Crippen LogP contribution < -0.4 is 0 Å². The van der Waals surface area contributed by atoms with Gasteiger partial charge in [0.15, 0.2) is 26.1 Å². The molecule has 0 aliphatic carbocycles. The average molecular weight is 1470 g/mol. The fraction of sp³-hybridized carbons (Fsp3) is 0.384. The Morgan fingerprint density at radius 1 is 0.529 bits per heavy atom. The molecular weight excluding hydrogens is 1360 g/mol. The van der Waals surface area contributed by atoms with E-state index < -0.39 is 14.4 Å². The molecule has 546 valence electrons.